The summed E-state index contributed by atoms with van der Waals surface area (Å²) in [6.45, 7) is 1.64. The lowest BCUT2D eigenvalue weighted by Gasteiger charge is -2.09. The number of sulfonamides is 1. The smallest absolute Gasteiger partial charge is 0.252 e. The molecule has 0 amide bonds. The number of methoxy groups -OCH3 is 1. The fourth-order valence-electron chi connectivity index (χ4n) is 2.49. The third-order valence-electron chi connectivity index (χ3n) is 4.03. The van der Waals surface area contributed by atoms with Crippen molar-refractivity contribution >= 4 is 32.5 Å². The highest BCUT2D eigenvalue weighted by atomic mass is 35.5. The quantitative estimate of drug-likeness (QED) is 0.698. The molecule has 2 N–H and O–H groups in total. The van der Waals surface area contributed by atoms with E-state index < -0.39 is 10.0 Å². The summed E-state index contributed by atoms with van der Waals surface area (Å²) in [6, 6.07) is 11.4. The third kappa shape index (κ3) is 3.75. The van der Waals surface area contributed by atoms with Gasteiger partial charge in [-0.3, -0.25) is 4.79 Å². The maximum atomic E-state index is 12.4. The van der Waals surface area contributed by atoms with Crippen molar-refractivity contribution in [3.63, 3.8) is 0 Å². The Kier molecular flexibility index (Phi) is 5.04. The van der Waals surface area contributed by atoms with E-state index in [0.717, 1.165) is 10.9 Å². The lowest BCUT2D eigenvalue weighted by atomic mass is 10.1. The number of aromatic nitrogens is 1. The van der Waals surface area contributed by atoms with E-state index in [-0.39, 0.29) is 17.0 Å². The van der Waals surface area contributed by atoms with Crippen molar-refractivity contribution in [1.29, 1.82) is 0 Å². The SMILES string of the molecule is COc1ccc2[nH]c(=O)c(CNS(=O)(=O)c3ccc(C)c(Cl)c3)cc2c1. The summed E-state index contributed by atoms with van der Waals surface area (Å²) in [5.74, 6) is 0.644. The second kappa shape index (κ2) is 7.11. The third-order valence-corrected chi connectivity index (χ3v) is 5.84. The zero-order valence-corrected chi connectivity index (χ0v) is 15.7. The average Bonchev–Trinajstić information content (AvgIpc) is 2.61. The number of nitrogens with one attached hydrogen (secondary N) is 2. The van der Waals surface area contributed by atoms with Gasteiger partial charge in [0.25, 0.3) is 5.56 Å². The van der Waals surface area contributed by atoms with Crippen molar-refractivity contribution in [2.24, 2.45) is 0 Å². The number of rotatable bonds is 5. The molecule has 0 unspecified atom stereocenters. The zero-order chi connectivity index (χ0) is 18.9. The predicted octanol–water partition coefficient (Wildman–Crippen LogP) is 2.98. The molecule has 0 saturated carbocycles. The number of hydrogen-bond acceptors (Lipinski definition) is 4. The van der Waals surface area contributed by atoms with Crippen LogP contribution in [-0.4, -0.2) is 20.5 Å². The van der Waals surface area contributed by atoms with E-state index in [4.69, 9.17) is 16.3 Å². The van der Waals surface area contributed by atoms with Gasteiger partial charge < -0.3 is 9.72 Å². The molecule has 0 atom stereocenters. The maximum absolute atomic E-state index is 12.4. The standard InChI is InChI=1S/C18H17ClN2O4S/c1-11-3-5-15(9-16(11)19)26(23,24)20-10-13-7-12-8-14(25-2)4-6-17(12)21-18(13)22/h3-9,20H,10H2,1-2H3,(H,21,22). The van der Waals surface area contributed by atoms with Crippen LogP contribution in [0.1, 0.15) is 11.1 Å². The van der Waals surface area contributed by atoms with Gasteiger partial charge in [0.1, 0.15) is 5.75 Å². The van der Waals surface area contributed by atoms with Crippen molar-refractivity contribution in [2.75, 3.05) is 7.11 Å². The molecular weight excluding hydrogens is 376 g/mol. The van der Waals surface area contributed by atoms with Crippen LogP contribution in [-0.2, 0) is 16.6 Å². The van der Waals surface area contributed by atoms with Crippen molar-refractivity contribution in [2.45, 2.75) is 18.4 Å². The van der Waals surface area contributed by atoms with E-state index in [1.54, 1.807) is 44.4 Å². The van der Waals surface area contributed by atoms with E-state index >= 15 is 0 Å². The van der Waals surface area contributed by atoms with Crippen LogP contribution in [0, 0.1) is 6.92 Å². The molecule has 0 aliphatic rings. The lowest BCUT2D eigenvalue weighted by molar-refractivity contribution is 0.415. The fourth-order valence-corrected chi connectivity index (χ4v) is 3.76. The monoisotopic (exact) mass is 392 g/mol. The summed E-state index contributed by atoms with van der Waals surface area (Å²) in [7, 11) is -2.24. The molecule has 3 aromatic rings. The number of halogens is 1. The summed E-state index contributed by atoms with van der Waals surface area (Å²) in [5.41, 5.74) is 1.37. The summed E-state index contributed by atoms with van der Waals surface area (Å²) >= 11 is 6.00. The first-order valence-corrected chi connectivity index (χ1v) is 9.62. The number of aromatic amines is 1. The predicted molar refractivity (Wildman–Crippen MR) is 101 cm³/mol. The van der Waals surface area contributed by atoms with E-state index in [1.807, 2.05) is 0 Å². The summed E-state index contributed by atoms with van der Waals surface area (Å²) < 4.78 is 32.5. The van der Waals surface area contributed by atoms with Crippen molar-refractivity contribution in [1.82, 2.24) is 9.71 Å². The minimum absolute atomic E-state index is 0.0481. The Morgan fingerprint density at radius 2 is 1.92 bits per heavy atom. The van der Waals surface area contributed by atoms with E-state index in [9.17, 15) is 13.2 Å². The van der Waals surface area contributed by atoms with Crippen molar-refractivity contribution < 1.29 is 13.2 Å². The molecule has 0 aliphatic heterocycles. The highest BCUT2D eigenvalue weighted by molar-refractivity contribution is 7.89. The summed E-state index contributed by atoms with van der Waals surface area (Å²) in [6.07, 6.45) is 0. The number of aryl methyl sites for hydroxylation is 1. The molecule has 2 aromatic carbocycles. The Balaban J connectivity index is 1.89. The second-order valence-corrected chi connectivity index (χ2v) is 7.99. The Labute approximate surface area is 155 Å². The van der Waals surface area contributed by atoms with Crippen LogP contribution in [0.25, 0.3) is 10.9 Å². The zero-order valence-electron chi connectivity index (χ0n) is 14.2. The van der Waals surface area contributed by atoms with Gasteiger partial charge in [-0.1, -0.05) is 17.7 Å². The number of hydrogen-bond donors (Lipinski definition) is 2. The van der Waals surface area contributed by atoms with Crippen LogP contribution in [0.5, 0.6) is 5.75 Å². The molecule has 8 heteroatoms. The highest BCUT2D eigenvalue weighted by Gasteiger charge is 2.16. The Hall–Kier alpha value is -2.35. The first-order chi connectivity index (χ1) is 12.3. The lowest BCUT2D eigenvalue weighted by Crippen LogP contribution is -2.27. The van der Waals surface area contributed by atoms with Gasteiger partial charge in [0.05, 0.1) is 12.0 Å². The van der Waals surface area contributed by atoms with Crippen molar-refractivity contribution in [3.8, 4) is 5.75 Å². The largest absolute Gasteiger partial charge is 0.497 e. The van der Waals surface area contributed by atoms with Gasteiger partial charge in [-0.2, -0.15) is 0 Å². The Bertz CT molecular complexity index is 1140. The Morgan fingerprint density at radius 1 is 1.15 bits per heavy atom. The van der Waals surface area contributed by atoms with Crippen LogP contribution in [0.2, 0.25) is 5.02 Å². The number of H-pyrrole nitrogens is 1. The van der Waals surface area contributed by atoms with E-state index in [1.165, 1.54) is 12.1 Å². The number of pyridine rings is 1. The van der Waals surface area contributed by atoms with Crippen LogP contribution < -0.4 is 15.0 Å². The second-order valence-electron chi connectivity index (χ2n) is 5.81. The van der Waals surface area contributed by atoms with Crippen LogP contribution in [0.3, 0.4) is 0 Å². The van der Waals surface area contributed by atoms with E-state index in [2.05, 4.69) is 9.71 Å². The summed E-state index contributed by atoms with van der Waals surface area (Å²) in [4.78, 5) is 15.0. The average molecular weight is 393 g/mol. The van der Waals surface area contributed by atoms with Gasteiger partial charge in [0, 0.05) is 28.0 Å². The molecule has 0 saturated heterocycles. The first kappa shape index (κ1) is 18.4. The fraction of sp³-hybridized carbons (Fsp3) is 0.167. The van der Waals surface area contributed by atoms with Gasteiger partial charge >= 0.3 is 0 Å². The molecular formula is C18H17ClN2O4S. The molecule has 26 heavy (non-hydrogen) atoms. The molecule has 0 bridgehead atoms. The topological polar surface area (TPSA) is 88.3 Å². The van der Waals surface area contributed by atoms with Gasteiger partial charge in [-0.05, 0) is 48.9 Å². The normalized spacial score (nSPS) is 11.7. The van der Waals surface area contributed by atoms with E-state index in [0.29, 0.717) is 21.9 Å². The molecule has 1 aromatic heterocycles. The molecule has 0 fully saturated rings. The number of benzene rings is 2. The molecule has 0 radical (unpaired) electrons. The minimum atomic E-state index is -3.79. The van der Waals surface area contributed by atoms with Gasteiger partial charge in [0.2, 0.25) is 10.0 Å². The maximum Gasteiger partial charge on any atom is 0.252 e. The van der Waals surface area contributed by atoms with Crippen LogP contribution >= 0.6 is 11.6 Å². The van der Waals surface area contributed by atoms with Crippen LogP contribution in [0.15, 0.2) is 52.2 Å². The van der Waals surface area contributed by atoms with Crippen LogP contribution in [0.4, 0.5) is 0 Å². The number of fused-ring (bicyclic) bond motifs is 1. The molecule has 0 spiro atoms. The highest BCUT2D eigenvalue weighted by Crippen LogP contribution is 2.21. The summed E-state index contributed by atoms with van der Waals surface area (Å²) in [5, 5.41) is 1.11. The van der Waals surface area contributed by atoms with Crippen molar-refractivity contribution in [3.05, 3.63) is 69.0 Å². The molecule has 1 heterocycles. The first-order valence-electron chi connectivity index (χ1n) is 7.76. The molecule has 6 nitrogen and oxygen atoms in total. The van der Waals surface area contributed by atoms with Gasteiger partial charge in [0.15, 0.2) is 0 Å². The molecule has 3 rings (SSSR count). The Morgan fingerprint density at radius 3 is 2.62 bits per heavy atom. The van der Waals surface area contributed by atoms with Gasteiger partial charge in [-0.25, -0.2) is 13.1 Å². The van der Waals surface area contributed by atoms with Gasteiger partial charge in [-0.15, -0.1) is 0 Å². The molecule has 0 aliphatic carbocycles. The molecule has 136 valence electrons. The minimum Gasteiger partial charge on any atom is -0.497 e. The number of ether oxygens (including phenoxy) is 1.